The van der Waals surface area contributed by atoms with Crippen LogP contribution in [-0.2, 0) is 10.2 Å². The summed E-state index contributed by atoms with van der Waals surface area (Å²) in [6.45, 7) is 9.04. The average molecular weight is 291 g/mol. The zero-order valence-electron chi connectivity index (χ0n) is 13.8. The molecule has 21 heavy (non-hydrogen) atoms. The summed E-state index contributed by atoms with van der Waals surface area (Å²) in [5, 5.41) is 10.4. The molecule has 0 amide bonds. The Balaban J connectivity index is 1.88. The van der Waals surface area contributed by atoms with Gasteiger partial charge in [-0.2, -0.15) is 0 Å². The maximum absolute atomic E-state index is 10.4. The summed E-state index contributed by atoms with van der Waals surface area (Å²) in [4.78, 5) is 2.17. The molecule has 1 aromatic carbocycles. The lowest BCUT2D eigenvalue weighted by Crippen LogP contribution is -2.32. The Morgan fingerprint density at radius 3 is 2.48 bits per heavy atom. The van der Waals surface area contributed by atoms with Crippen molar-refractivity contribution in [3.8, 4) is 0 Å². The van der Waals surface area contributed by atoms with Crippen LogP contribution >= 0.6 is 0 Å². The van der Waals surface area contributed by atoms with Crippen molar-refractivity contribution >= 4 is 0 Å². The van der Waals surface area contributed by atoms with E-state index in [4.69, 9.17) is 4.74 Å². The number of nitrogens with zero attached hydrogens (tertiary/aromatic N) is 1. The van der Waals surface area contributed by atoms with Crippen molar-refractivity contribution in [3.05, 3.63) is 35.4 Å². The van der Waals surface area contributed by atoms with E-state index in [1.165, 1.54) is 5.56 Å². The largest absolute Gasteiger partial charge is 0.387 e. The summed E-state index contributed by atoms with van der Waals surface area (Å²) in [6, 6.07) is 8.34. The molecule has 1 saturated heterocycles. The number of benzene rings is 1. The normalized spacial score (nSPS) is 21.0. The van der Waals surface area contributed by atoms with E-state index in [0.717, 1.165) is 31.6 Å². The van der Waals surface area contributed by atoms with Crippen LogP contribution in [0, 0.1) is 0 Å². The Labute approximate surface area is 128 Å². The second-order valence-corrected chi connectivity index (χ2v) is 7.24. The number of aliphatic hydroxyl groups is 1. The third kappa shape index (κ3) is 4.80. The van der Waals surface area contributed by atoms with Crippen LogP contribution in [0.5, 0.6) is 0 Å². The van der Waals surface area contributed by atoms with Crippen molar-refractivity contribution in [1.82, 2.24) is 4.90 Å². The van der Waals surface area contributed by atoms with E-state index in [1.54, 1.807) is 0 Å². The van der Waals surface area contributed by atoms with Gasteiger partial charge >= 0.3 is 0 Å². The van der Waals surface area contributed by atoms with Gasteiger partial charge in [0.25, 0.3) is 0 Å². The van der Waals surface area contributed by atoms with Gasteiger partial charge in [0, 0.05) is 19.7 Å². The Morgan fingerprint density at radius 2 is 1.95 bits per heavy atom. The molecule has 1 fully saturated rings. The zero-order valence-corrected chi connectivity index (χ0v) is 13.8. The molecule has 0 radical (unpaired) electrons. The summed E-state index contributed by atoms with van der Waals surface area (Å²) >= 11 is 0. The molecule has 3 nitrogen and oxygen atoms in total. The molecule has 3 heteroatoms. The predicted molar refractivity (Wildman–Crippen MR) is 86.6 cm³/mol. The number of rotatable bonds is 5. The fraction of sp³-hybridized carbons (Fsp3) is 0.667. The standard InChI is InChI=1S/C18H29NO2/c1-18(2,3)15-9-7-14(8-10-15)17(20)13-19(4)12-16-6-5-11-21-16/h7-10,16-17,20H,5-6,11-13H2,1-4H3. The van der Waals surface area contributed by atoms with Gasteiger partial charge in [-0.05, 0) is 36.4 Å². The number of ether oxygens (including phenoxy) is 1. The van der Waals surface area contributed by atoms with E-state index < -0.39 is 6.10 Å². The summed E-state index contributed by atoms with van der Waals surface area (Å²) < 4.78 is 5.64. The lowest BCUT2D eigenvalue weighted by molar-refractivity contribution is 0.0602. The molecule has 0 spiro atoms. The van der Waals surface area contributed by atoms with Crippen LogP contribution in [0.25, 0.3) is 0 Å². The minimum absolute atomic E-state index is 0.153. The lowest BCUT2D eigenvalue weighted by atomic mass is 9.86. The van der Waals surface area contributed by atoms with Crippen LogP contribution in [0.4, 0.5) is 0 Å². The summed E-state index contributed by atoms with van der Waals surface area (Å²) in [5.74, 6) is 0. The first-order valence-electron chi connectivity index (χ1n) is 7.95. The SMILES string of the molecule is CN(CC1CCCO1)CC(O)c1ccc(C(C)(C)C)cc1. The van der Waals surface area contributed by atoms with E-state index in [9.17, 15) is 5.11 Å². The van der Waals surface area contributed by atoms with Gasteiger partial charge in [-0.15, -0.1) is 0 Å². The molecule has 0 saturated carbocycles. The highest BCUT2D eigenvalue weighted by molar-refractivity contribution is 5.28. The van der Waals surface area contributed by atoms with Crippen LogP contribution in [0.15, 0.2) is 24.3 Å². The van der Waals surface area contributed by atoms with E-state index >= 15 is 0 Å². The van der Waals surface area contributed by atoms with E-state index in [0.29, 0.717) is 12.6 Å². The highest BCUT2D eigenvalue weighted by Gasteiger charge is 2.20. The zero-order chi connectivity index (χ0) is 15.5. The summed E-state index contributed by atoms with van der Waals surface area (Å²) in [6.07, 6.45) is 2.20. The summed E-state index contributed by atoms with van der Waals surface area (Å²) in [7, 11) is 2.05. The minimum Gasteiger partial charge on any atom is -0.387 e. The Hall–Kier alpha value is -0.900. The van der Waals surface area contributed by atoms with Crippen LogP contribution < -0.4 is 0 Å². The highest BCUT2D eigenvalue weighted by atomic mass is 16.5. The first-order chi connectivity index (χ1) is 9.86. The topological polar surface area (TPSA) is 32.7 Å². The maximum atomic E-state index is 10.4. The van der Waals surface area contributed by atoms with Gasteiger partial charge in [-0.1, -0.05) is 45.0 Å². The van der Waals surface area contributed by atoms with Gasteiger partial charge in [0.1, 0.15) is 0 Å². The Bertz CT molecular complexity index is 430. The fourth-order valence-electron chi connectivity index (χ4n) is 2.82. The van der Waals surface area contributed by atoms with Crippen LogP contribution in [0.2, 0.25) is 0 Å². The molecule has 1 aliphatic heterocycles. The highest BCUT2D eigenvalue weighted by Crippen LogP contribution is 2.24. The van der Waals surface area contributed by atoms with Crippen LogP contribution in [0.3, 0.4) is 0 Å². The second kappa shape index (κ2) is 6.91. The van der Waals surface area contributed by atoms with Crippen molar-refractivity contribution in [3.63, 3.8) is 0 Å². The van der Waals surface area contributed by atoms with Crippen molar-refractivity contribution in [2.75, 3.05) is 26.7 Å². The number of likely N-dealkylation sites (N-methyl/N-ethyl adjacent to an activating group) is 1. The number of hydrogen-bond donors (Lipinski definition) is 1. The third-order valence-electron chi connectivity index (χ3n) is 4.19. The molecule has 1 aliphatic rings. The van der Waals surface area contributed by atoms with Gasteiger partial charge < -0.3 is 14.7 Å². The maximum Gasteiger partial charge on any atom is 0.0916 e. The van der Waals surface area contributed by atoms with Gasteiger partial charge in [-0.25, -0.2) is 0 Å². The molecule has 0 aromatic heterocycles. The fourth-order valence-corrected chi connectivity index (χ4v) is 2.82. The number of hydrogen-bond acceptors (Lipinski definition) is 3. The van der Waals surface area contributed by atoms with Gasteiger partial charge in [0.15, 0.2) is 0 Å². The van der Waals surface area contributed by atoms with Gasteiger partial charge in [0.05, 0.1) is 12.2 Å². The molecule has 2 rings (SSSR count). The van der Waals surface area contributed by atoms with Crippen molar-refractivity contribution in [1.29, 1.82) is 0 Å². The molecule has 2 atom stereocenters. The molecular weight excluding hydrogens is 262 g/mol. The molecular formula is C18H29NO2. The van der Waals surface area contributed by atoms with Crippen molar-refractivity contribution < 1.29 is 9.84 Å². The second-order valence-electron chi connectivity index (χ2n) is 7.24. The Morgan fingerprint density at radius 1 is 1.29 bits per heavy atom. The lowest BCUT2D eigenvalue weighted by Gasteiger charge is -2.24. The van der Waals surface area contributed by atoms with E-state index in [1.807, 2.05) is 12.1 Å². The first kappa shape index (κ1) is 16.5. The van der Waals surface area contributed by atoms with E-state index in [-0.39, 0.29) is 5.41 Å². The van der Waals surface area contributed by atoms with Gasteiger partial charge in [-0.3, -0.25) is 0 Å². The average Bonchev–Trinajstić information content (AvgIpc) is 2.90. The quantitative estimate of drug-likeness (QED) is 0.904. The first-order valence-corrected chi connectivity index (χ1v) is 7.95. The molecule has 118 valence electrons. The molecule has 2 unspecified atom stereocenters. The molecule has 1 aromatic rings. The van der Waals surface area contributed by atoms with Crippen LogP contribution in [-0.4, -0.2) is 42.9 Å². The number of aliphatic hydroxyl groups excluding tert-OH is 1. The molecule has 0 bridgehead atoms. The monoisotopic (exact) mass is 291 g/mol. The third-order valence-corrected chi connectivity index (χ3v) is 4.19. The predicted octanol–water partition coefficient (Wildman–Crippen LogP) is 3.13. The van der Waals surface area contributed by atoms with Crippen molar-refractivity contribution in [2.24, 2.45) is 0 Å². The van der Waals surface area contributed by atoms with Crippen molar-refractivity contribution in [2.45, 2.75) is 51.2 Å². The smallest absolute Gasteiger partial charge is 0.0916 e. The van der Waals surface area contributed by atoms with E-state index in [2.05, 4.69) is 44.9 Å². The molecule has 1 heterocycles. The van der Waals surface area contributed by atoms with Crippen LogP contribution in [0.1, 0.15) is 50.8 Å². The van der Waals surface area contributed by atoms with Gasteiger partial charge in [0.2, 0.25) is 0 Å². The Kier molecular flexibility index (Phi) is 5.42. The molecule has 1 N–H and O–H groups in total. The minimum atomic E-state index is -0.439. The summed E-state index contributed by atoms with van der Waals surface area (Å²) in [5.41, 5.74) is 2.44. The molecule has 0 aliphatic carbocycles.